The number of halogens is 1. The largest absolute Gasteiger partial charge is 0.490 e. The normalized spacial score (nSPS) is 13.6. The fourth-order valence-corrected chi connectivity index (χ4v) is 3.57. The summed E-state index contributed by atoms with van der Waals surface area (Å²) in [4.78, 5) is 27.1. The Hall–Kier alpha value is -2.34. The molecule has 1 N–H and O–H groups in total. The van der Waals surface area contributed by atoms with Crippen LogP contribution < -0.4 is 10.1 Å². The number of carbonyl (C=O) groups excluding carboxylic acids is 2. The molecule has 0 spiro atoms. The molecule has 1 aliphatic heterocycles. The first-order valence-electron chi connectivity index (χ1n) is 9.56. The highest BCUT2D eigenvalue weighted by Crippen LogP contribution is 2.25. The van der Waals surface area contributed by atoms with E-state index in [9.17, 15) is 9.59 Å². The van der Waals surface area contributed by atoms with Gasteiger partial charge < -0.3 is 15.0 Å². The van der Waals surface area contributed by atoms with Crippen LogP contribution in [0.4, 0.5) is 0 Å². The number of rotatable bonds is 6. The fourth-order valence-electron chi connectivity index (χ4n) is 3.23. The molecule has 0 aliphatic carbocycles. The molecule has 2 amide bonds. The third kappa shape index (κ3) is 5.13. The number of carbonyl (C=O) groups is 2. The number of benzene rings is 2. The predicted molar refractivity (Wildman–Crippen MR) is 113 cm³/mol. The van der Waals surface area contributed by atoms with Crippen molar-refractivity contribution in [2.75, 3.05) is 13.1 Å². The molecule has 28 heavy (non-hydrogen) atoms. The molecular weight excluding hydrogens is 420 g/mol. The zero-order valence-corrected chi connectivity index (χ0v) is 17.8. The highest BCUT2D eigenvalue weighted by Gasteiger charge is 2.20. The van der Waals surface area contributed by atoms with E-state index in [-0.39, 0.29) is 17.9 Å². The van der Waals surface area contributed by atoms with Gasteiger partial charge in [0.05, 0.1) is 11.7 Å². The summed E-state index contributed by atoms with van der Waals surface area (Å²) >= 11 is 3.41. The minimum Gasteiger partial charge on any atom is -0.490 e. The molecule has 148 valence electrons. The summed E-state index contributed by atoms with van der Waals surface area (Å²) in [6.07, 6.45) is 2.10. The Morgan fingerprint density at radius 2 is 1.89 bits per heavy atom. The lowest BCUT2D eigenvalue weighted by Gasteiger charge is -2.16. The van der Waals surface area contributed by atoms with Crippen LogP contribution in [-0.4, -0.2) is 35.9 Å². The lowest BCUT2D eigenvalue weighted by Crippen LogP contribution is -2.28. The van der Waals surface area contributed by atoms with Crippen LogP contribution in [0.3, 0.4) is 0 Å². The van der Waals surface area contributed by atoms with Crippen LogP contribution in [0.25, 0.3) is 0 Å². The van der Waals surface area contributed by atoms with Crippen molar-refractivity contribution in [3.8, 4) is 5.75 Å². The van der Waals surface area contributed by atoms with E-state index in [1.54, 1.807) is 12.1 Å². The van der Waals surface area contributed by atoms with Crippen LogP contribution in [0.15, 0.2) is 46.9 Å². The van der Waals surface area contributed by atoms with Crippen LogP contribution in [0.1, 0.15) is 53.0 Å². The fraction of sp³-hybridized carbons (Fsp3) is 0.364. The van der Waals surface area contributed by atoms with Crippen molar-refractivity contribution >= 4 is 27.7 Å². The van der Waals surface area contributed by atoms with Crippen molar-refractivity contribution in [1.82, 2.24) is 10.2 Å². The van der Waals surface area contributed by atoms with E-state index in [1.807, 2.05) is 49.1 Å². The van der Waals surface area contributed by atoms with E-state index in [0.29, 0.717) is 23.4 Å². The van der Waals surface area contributed by atoms with Crippen LogP contribution in [-0.2, 0) is 6.54 Å². The van der Waals surface area contributed by atoms with E-state index in [4.69, 9.17) is 4.74 Å². The molecule has 3 rings (SSSR count). The van der Waals surface area contributed by atoms with Crippen molar-refractivity contribution in [2.24, 2.45) is 0 Å². The minimum absolute atomic E-state index is 0.0332. The number of hydrogen-bond acceptors (Lipinski definition) is 3. The highest BCUT2D eigenvalue weighted by atomic mass is 79.9. The number of hydrogen-bond donors (Lipinski definition) is 1. The third-order valence-electron chi connectivity index (χ3n) is 4.57. The molecular formula is C22H25BrN2O3. The molecule has 0 atom stereocenters. The second-order valence-corrected chi connectivity index (χ2v) is 8.11. The summed E-state index contributed by atoms with van der Waals surface area (Å²) in [6, 6.07) is 12.8. The van der Waals surface area contributed by atoms with Gasteiger partial charge in [-0.1, -0.05) is 28.1 Å². The summed E-state index contributed by atoms with van der Waals surface area (Å²) in [5.74, 6) is 0.394. The molecule has 2 aromatic carbocycles. The van der Waals surface area contributed by atoms with E-state index in [0.717, 1.165) is 36.0 Å². The van der Waals surface area contributed by atoms with Crippen LogP contribution >= 0.6 is 15.9 Å². The number of ether oxygens (including phenoxy) is 1. The molecule has 1 aliphatic rings. The SMILES string of the molecule is CC(C)Oc1cc(Br)ccc1C(=O)NCc1cccc(C(=O)N2CCCC2)c1. The number of likely N-dealkylation sites (tertiary alicyclic amines) is 1. The molecule has 0 aromatic heterocycles. The molecule has 0 radical (unpaired) electrons. The highest BCUT2D eigenvalue weighted by molar-refractivity contribution is 9.10. The van der Waals surface area contributed by atoms with Gasteiger partial charge in [0.2, 0.25) is 0 Å². The van der Waals surface area contributed by atoms with Crippen molar-refractivity contribution in [3.63, 3.8) is 0 Å². The van der Waals surface area contributed by atoms with Gasteiger partial charge in [0.1, 0.15) is 5.75 Å². The Morgan fingerprint density at radius 3 is 2.61 bits per heavy atom. The van der Waals surface area contributed by atoms with Gasteiger partial charge in [0.25, 0.3) is 11.8 Å². The Kier molecular flexibility index (Phi) is 6.73. The minimum atomic E-state index is -0.209. The Morgan fingerprint density at radius 1 is 1.14 bits per heavy atom. The van der Waals surface area contributed by atoms with E-state index in [1.165, 1.54) is 0 Å². The molecule has 6 heteroatoms. The average Bonchev–Trinajstić information content (AvgIpc) is 3.20. The number of nitrogens with one attached hydrogen (secondary N) is 1. The molecule has 1 saturated heterocycles. The van der Waals surface area contributed by atoms with Crippen LogP contribution in [0, 0.1) is 0 Å². The van der Waals surface area contributed by atoms with Gasteiger partial charge in [0.15, 0.2) is 0 Å². The van der Waals surface area contributed by atoms with E-state index < -0.39 is 0 Å². The van der Waals surface area contributed by atoms with E-state index in [2.05, 4.69) is 21.2 Å². The first-order chi connectivity index (χ1) is 13.4. The zero-order chi connectivity index (χ0) is 20.1. The Bertz CT molecular complexity index is 861. The first-order valence-corrected chi connectivity index (χ1v) is 10.4. The molecule has 5 nitrogen and oxygen atoms in total. The smallest absolute Gasteiger partial charge is 0.255 e. The van der Waals surface area contributed by atoms with Gasteiger partial charge in [-0.15, -0.1) is 0 Å². The molecule has 1 fully saturated rings. The third-order valence-corrected chi connectivity index (χ3v) is 5.06. The topological polar surface area (TPSA) is 58.6 Å². The second-order valence-electron chi connectivity index (χ2n) is 7.19. The zero-order valence-electron chi connectivity index (χ0n) is 16.2. The molecule has 0 saturated carbocycles. The van der Waals surface area contributed by atoms with Crippen LogP contribution in [0.5, 0.6) is 5.75 Å². The summed E-state index contributed by atoms with van der Waals surface area (Å²) in [7, 11) is 0. The summed E-state index contributed by atoms with van der Waals surface area (Å²) in [5, 5.41) is 2.92. The van der Waals surface area contributed by atoms with Gasteiger partial charge >= 0.3 is 0 Å². The van der Waals surface area contributed by atoms with Gasteiger partial charge in [-0.2, -0.15) is 0 Å². The van der Waals surface area contributed by atoms with Crippen molar-refractivity contribution in [1.29, 1.82) is 0 Å². The predicted octanol–water partition coefficient (Wildman–Crippen LogP) is 4.40. The lowest BCUT2D eigenvalue weighted by molar-refractivity contribution is 0.0792. The number of nitrogens with zero attached hydrogens (tertiary/aromatic N) is 1. The Balaban J connectivity index is 1.68. The van der Waals surface area contributed by atoms with Gasteiger partial charge in [0, 0.05) is 29.7 Å². The van der Waals surface area contributed by atoms with Gasteiger partial charge in [-0.3, -0.25) is 9.59 Å². The molecule has 2 aromatic rings. The summed E-state index contributed by atoms with van der Waals surface area (Å²) < 4.78 is 6.62. The summed E-state index contributed by atoms with van der Waals surface area (Å²) in [6.45, 7) is 5.83. The van der Waals surface area contributed by atoms with Crippen LogP contribution in [0.2, 0.25) is 0 Å². The van der Waals surface area contributed by atoms with Crippen molar-refractivity contribution in [3.05, 3.63) is 63.6 Å². The van der Waals surface area contributed by atoms with E-state index >= 15 is 0 Å². The maximum atomic E-state index is 12.7. The second kappa shape index (κ2) is 9.24. The van der Waals surface area contributed by atoms with Gasteiger partial charge in [-0.05, 0) is 62.6 Å². The standard InChI is InChI=1S/C22H25BrN2O3/c1-15(2)28-20-13-18(23)8-9-19(20)21(26)24-14-16-6-5-7-17(12-16)22(27)25-10-3-4-11-25/h5-9,12-13,15H,3-4,10-11,14H2,1-2H3,(H,24,26). The molecule has 0 unspecified atom stereocenters. The maximum Gasteiger partial charge on any atom is 0.255 e. The monoisotopic (exact) mass is 444 g/mol. The van der Waals surface area contributed by atoms with Crippen molar-refractivity contribution in [2.45, 2.75) is 39.3 Å². The number of amides is 2. The first kappa shape index (κ1) is 20.4. The van der Waals surface area contributed by atoms with Crippen molar-refractivity contribution < 1.29 is 14.3 Å². The average molecular weight is 445 g/mol. The quantitative estimate of drug-likeness (QED) is 0.717. The molecule has 1 heterocycles. The summed E-state index contributed by atoms with van der Waals surface area (Å²) in [5.41, 5.74) is 2.05. The lowest BCUT2D eigenvalue weighted by atomic mass is 10.1. The maximum absolute atomic E-state index is 12.7. The molecule has 0 bridgehead atoms. The Labute approximate surface area is 174 Å². The van der Waals surface area contributed by atoms with Gasteiger partial charge in [-0.25, -0.2) is 0 Å².